The van der Waals surface area contributed by atoms with Crippen molar-refractivity contribution in [1.82, 2.24) is 4.90 Å². The molecule has 0 aromatic heterocycles. The third-order valence-electron chi connectivity index (χ3n) is 3.78. The van der Waals surface area contributed by atoms with Crippen LogP contribution >= 0.6 is 0 Å². The summed E-state index contributed by atoms with van der Waals surface area (Å²) in [5.41, 5.74) is 2.38. The Hall–Kier alpha value is -1.10. The molecule has 0 atom stereocenters. The van der Waals surface area contributed by atoms with Gasteiger partial charge < -0.3 is 9.75 Å². The summed E-state index contributed by atoms with van der Waals surface area (Å²) in [4.78, 5) is 2.47. The summed E-state index contributed by atoms with van der Waals surface area (Å²) >= 11 is 0. The van der Waals surface area contributed by atoms with E-state index in [-0.39, 0.29) is 5.54 Å². The van der Waals surface area contributed by atoms with E-state index in [1.807, 2.05) is 7.05 Å². The molecule has 0 bridgehead atoms. The number of morpholine rings is 1. The lowest BCUT2D eigenvalue weighted by atomic mass is 9.91. The van der Waals surface area contributed by atoms with Gasteiger partial charge in [0, 0.05) is 25.7 Å². The van der Waals surface area contributed by atoms with E-state index in [1.165, 1.54) is 5.56 Å². The van der Waals surface area contributed by atoms with E-state index >= 15 is 0 Å². The van der Waals surface area contributed by atoms with E-state index in [0.717, 1.165) is 32.0 Å². The third kappa shape index (κ3) is 2.66. The fourth-order valence-electron chi connectivity index (χ4n) is 2.41. The van der Waals surface area contributed by atoms with Gasteiger partial charge in [-0.05, 0) is 31.5 Å². The Balaban J connectivity index is 2.17. The molecule has 2 N–H and O–H groups in total. The van der Waals surface area contributed by atoms with Crippen LogP contribution in [0.5, 0.6) is 0 Å². The molecular formula is C14H23N3O. The normalized spacial score (nSPS) is 17.8. The summed E-state index contributed by atoms with van der Waals surface area (Å²) in [7, 11) is 1.85. The fourth-order valence-corrected chi connectivity index (χ4v) is 2.41. The van der Waals surface area contributed by atoms with Gasteiger partial charge >= 0.3 is 0 Å². The molecule has 0 spiro atoms. The van der Waals surface area contributed by atoms with Crippen LogP contribution in [-0.2, 0) is 10.3 Å². The summed E-state index contributed by atoms with van der Waals surface area (Å²) < 4.78 is 5.42. The molecule has 2 rings (SSSR count). The van der Waals surface area contributed by atoms with Gasteiger partial charge in [0.15, 0.2) is 0 Å². The molecule has 0 aliphatic carbocycles. The van der Waals surface area contributed by atoms with Crippen molar-refractivity contribution in [3.05, 3.63) is 29.8 Å². The van der Waals surface area contributed by atoms with Gasteiger partial charge in [-0.1, -0.05) is 12.1 Å². The Labute approximate surface area is 109 Å². The predicted molar refractivity (Wildman–Crippen MR) is 74.5 cm³/mol. The SMILES string of the molecule is CN(N)c1ccc(C(C)(C)N2CCOCC2)cc1. The largest absolute Gasteiger partial charge is 0.379 e. The van der Waals surface area contributed by atoms with Crippen LogP contribution in [0.3, 0.4) is 0 Å². The summed E-state index contributed by atoms with van der Waals surface area (Å²) in [5.74, 6) is 5.72. The number of hydrazine groups is 1. The maximum absolute atomic E-state index is 5.72. The number of hydrogen-bond acceptors (Lipinski definition) is 4. The van der Waals surface area contributed by atoms with Crippen LogP contribution in [0, 0.1) is 0 Å². The number of nitrogens with zero attached hydrogens (tertiary/aromatic N) is 2. The Morgan fingerprint density at radius 3 is 2.22 bits per heavy atom. The Kier molecular flexibility index (Phi) is 3.90. The summed E-state index contributed by atoms with van der Waals surface area (Å²) in [6.07, 6.45) is 0. The van der Waals surface area contributed by atoms with Crippen LogP contribution in [0.15, 0.2) is 24.3 Å². The zero-order valence-electron chi connectivity index (χ0n) is 11.5. The summed E-state index contributed by atoms with van der Waals surface area (Å²) in [5, 5.41) is 1.63. The fraction of sp³-hybridized carbons (Fsp3) is 0.571. The first-order valence-electron chi connectivity index (χ1n) is 6.43. The second-order valence-corrected chi connectivity index (χ2v) is 5.32. The maximum atomic E-state index is 5.72. The molecule has 1 saturated heterocycles. The van der Waals surface area contributed by atoms with Crippen molar-refractivity contribution >= 4 is 5.69 Å². The van der Waals surface area contributed by atoms with E-state index in [2.05, 4.69) is 43.0 Å². The Morgan fingerprint density at radius 2 is 1.72 bits per heavy atom. The van der Waals surface area contributed by atoms with Gasteiger partial charge in [-0.15, -0.1) is 0 Å². The highest BCUT2D eigenvalue weighted by atomic mass is 16.5. The van der Waals surface area contributed by atoms with Gasteiger partial charge in [0.25, 0.3) is 0 Å². The molecule has 100 valence electrons. The van der Waals surface area contributed by atoms with Gasteiger partial charge in [0.2, 0.25) is 0 Å². The van der Waals surface area contributed by atoms with Crippen molar-refractivity contribution in [3.8, 4) is 0 Å². The first kappa shape index (κ1) is 13.3. The maximum Gasteiger partial charge on any atom is 0.0594 e. The lowest BCUT2D eigenvalue weighted by Gasteiger charge is -2.41. The first-order chi connectivity index (χ1) is 8.51. The standard InChI is InChI=1S/C14H23N3O/c1-14(2,17-8-10-18-11-9-17)12-4-6-13(7-5-12)16(3)15/h4-7H,8-11,15H2,1-3H3. The quantitative estimate of drug-likeness (QED) is 0.652. The zero-order chi connectivity index (χ0) is 13.2. The van der Waals surface area contributed by atoms with Crippen molar-refractivity contribution in [2.75, 3.05) is 38.4 Å². The third-order valence-corrected chi connectivity index (χ3v) is 3.78. The van der Waals surface area contributed by atoms with E-state index in [1.54, 1.807) is 5.01 Å². The molecule has 18 heavy (non-hydrogen) atoms. The molecule has 4 heteroatoms. The smallest absolute Gasteiger partial charge is 0.0594 e. The van der Waals surface area contributed by atoms with E-state index in [9.17, 15) is 0 Å². The molecule has 1 heterocycles. The predicted octanol–water partition coefficient (Wildman–Crippen LogP) is 1.56. The van der Waals surface area contributed by atoms with Crippen LogP contribution < -0.4 is 10.9 Å². The Morgan fingerprint density at radius 1 is 1.17 bits per heavy atom. The number of nitrogens with two attached hydrogens (primary N) is 1. The molecule has 0 amide bonds. The highest BCUT2D eigenvalue weighted by Gasteiger charge is 2.29. The second kappa shape index (κ2) is 5.26. The molecule has 1 aromatic carbocycles. The van der Waals surface area contributed by atoms with Crippen molar-refractivity contribution in [2.45, 2.75) is 19.4 Å². The second-order valence-electron chi connectivity index (χ2n) is 5.32. The number of benzene rings is 1. The number of hydrogen-bond donors (Lipinski definition) is 1. The van der Waals surface area contributed by atoms with Crippen LogP contribution in [-0.4, -0.2) is 38.3 Å². The van der Waals surface area contributed by atoms with Gasteiger partial charge in [-0.3, -0.25) is 4.90 Å². The molecular weight excluding hydrogens is 226 g/mol. The minimum absolute atomic E-state index is 0.0372. The molecule has 4 nitrogen and oxygen atoms in total. The van der Waals surface area contributed by atoms with Crippen molar-refractivity contribution in [1.29, 1.82) is 0 Å². The average Bonchev–Trinajstić information content (AvgIpc) is 2.40. The molecule has 1 aliphatic heterocycles. The lowest BCUT2D eigenvalue weighted by molar-refractivity contribution is -0.0118. The van der Waals surface area contributed by atoms with Gasteiger partial charge in [0.05, 0.1) is 18.9 Å². The number of ether oxygens (including phenoxy) is 1. The Bertz CT molecular complexity index is 381. The molecule has 1 aliphatic rings. The van der Waals surface area contributed by atoms with Gasteiger partial charge in [-0.2, -0.15) is 0 Å². The van der Waals surface area contributed by atoms with Crippen molar-refractivity contribution < 1.29 is 4.74 Å². The molecule has 0 unspecified atom stereocenters. The highest BCUT2D eigenvalue weighted by Crippen LogP contribution is 2.29. The van der Waals surface area contributed by atoms with Crippen LogP contribution in [0.25, 0.3) is 0 Å². The van der Waals surface area contributed by atoms with Crippen molar-refractivity contribution in [2.24, 2.45) is 5.84 Å². The summed E-state index contributed by atoms with van der Waals surface area (Å²) in [6, 6.07) is 8.46. The molecule has 0 radical (unpaired) electrons. The molecule has 1 fully saturated rings. The zero-order valence-corrected chi connectivity index (χ0v) is 11.5. The highest BCUT2D eigenvalue weighted by molar-refractivity contribution is 5.46. The van der Waals surface area contributed by atoms with E-state index in [4.69, 9.17) is 10.6 Å². The minimum Gasteiger partial charge on any atom is -0.379 e. The average molecular weight is 249 g/mol. The van der Waals surface area contributed by atoms with Gasteiger partial charge in [-0.25, -0.2) is 5.84 Å². The van der Waals surface area contributed by atoms with Gasteiger partial charge in [0.1, 0.15) is 0 Å². The van der Waals surface area contributed by atoms with Crippen LogP contribution in [0.4, 0.5) is 5.69 Å². The van der Waals surface area contributed by atoms with Crippen molar-refractivity contribution in [3.63, 3.8) is 0 Å². The molecule has 0 saturated carbocycles. The van der Waals surface area contributed by atoms with E-state index < -0.39 is 0 Å². The summed E-state index contributed by atoms with van der Waals surface area (Å²) in [6.45, 7) is 8.16. The number of anilines is 1. The monoisotopic (exact) mass is 249 g/mol. The number of rotatable bonds is 3. The first-order valence-corrected chi connectivity index (χ1v) is 6.43. The van der Waals surface area contributed by atoms with Crippen LogP contribution in [0.2, 0.25) is 0 Å². The van der Waals surface area contributed by atoms with Crippen LogP contribution in [0.1, 0.15) is 19.4 Å². The minimum atomic E-state index is 0.0372. The van der Waals surface area contributed by atoms with E-state index in [0.29, 0.717) is 0 Å². The lowest BCUT2D eigenvalue weighted by Crippen LogP contribution is -2.47. The topological polar surface area (TPSA) is 41.7 Å². The molecule has 1 aromatic rings.